The zero-order valence-electron chi connectivity index (χ0n) is 18.8. The van der Waals surface area contributed by atoms with Crippen LogP contribution in [0.3, 0.4) is 0 Å². The number of nitrogens with one attached hydrogen (secondary N) is 1. The Bertz CT molecular complexity index is 1340. The van der Waals surface area contributed by atoms with Crippen molar-refractivity contribution in [3.8, 4) is 10.6 Å². The lowest BCUT2D eigenvalue weighted by molar-refractivity contribution is -0.123. The predicted molar refractivity (Wildman–Crippen MR) is 123 cm³/mol. The molecule has 4 aromatic rings. The Hall–Kier alpha value is -3.53. The van der Waals surface area contributed by atoms with Gasteiger partial charge in [-0.15, -0.1) is 11.3 Å². The van der Waals surface area contributed by atoms with E-state index in [0.717, 1.165) is 10.6 Å². The molecule has 0 aliphatic rings. The van der Waals surface area contributed by atoms with E-state index < -0.39 is 18.0 Å². The smallest absolute Gasteiger partial charge is 0.339 e. The number of carbonyl (C=O) groups excluding carboxylic acids is 2. The second kappa shape index (κ2) is 8.19. The molecule has 166 valence electrons. The van der Waals surface area contributed by atoms with Crippen molar-refractivity contribution in [2.45, 2.75) is 33.8 Å². The standard InChI is InChI=1S/C22H24N6O3S/c1-11-18-15(10-16(17-8-7-9-32-17)23-20(18)28(6)25-11)22(30)31-14(4)21(29)24-19-12(2)26-27(5)13(19)3/h7-10,14H,1-6H3,(H,24,29). The van der Waals surface area contributed by atoms with Crippen molar-refractivity contribution < 1.29 is 14.3 Å². The summed E-state index contributed by atoms with van der Waals surface area (Å²) in [6.45, 7) is 7.03. The van der Waals surface area contributed by atoms with Crippen molar-refractivity contribution in [2.75, 3.05) is 5.32 Å². The second-order valence-electron chi connectivity index (χ2n) is 7.65. The third kappa shape index (κ3) is 3.77. The molecule has 0 saturated heterocycles. The third-order valence-corrected chi connectivity index (χ3v) is 6.26. The number of rotatable bonds is 5. The first-order chi connectivity index (χ1) is 15.2. The van der Waals surface area contributed by atoms with E-state index in [1.54, 1.807) is 36.4 Å². The van der Waals surface area contributed by atoms with E-state index >= 15 is 0 Å². The lowest BCUT2D eigenvalue weighted by atomic mass is 10.1. The Morgan fingerprint density at radius 1 is 1.12 bits per heavy atom. The van der Waals surface area contributed by atoms with Crippen LogP contribution in [-0.2, 0) is 23.6 Å². The molecule has 0 fully saturated rings. The molecule has 0 aromatic carbocycles. The molecule has 0 aliphatic heterocycles. The number of thiophene rings is 1. The summed E-state index contributed by atoms with van der Waals surface area (Å²) in [5.74, 6) is -1.03. The number of ether oxygens (including phenoxy) is 1. The number of fused-ring (bicyclic) bond motifs is 1. The summed E-state index contributed by atoms with van der Waals surface area (Å²) >= 11 is 1.53. The predicted octanol–water partition coefficient (Wildman–Crippen LogP) is 3.54. The highest BCUT2D eigenvalue weighted by atomic mass is 32.1. The molecule has 4 rings (SSSR count). The number of hydrogen-bond donors (Lipinski definition) is 1. The van der Waals surface area contributed by atoms with Crippen LogP contribution in [0.25, 0.3) is 21.6 Å². The zero-order chi connectivity index (χ0) is 23.2. The molecule has 1 amide bonds. The Balaban J connectivity index is 1.64. The molecular weight excluding hydrogens is 428 g/mol. The van der Waals surface area contributed by atoms with Gasteiger partial charge in [0.25, 0.3) is 5.91 Å². The topological polar surface area (TPSA) is 104 Å². The molecule has 0 bridgehead atoms. The molecule has 0 aliphatic carbocycles. The van der Waals surface area contributed by atoms with Crippen LogP contribution in [0.15, 0.2) is 23.6 Å². The summed E-state index contributed by atoms with van der Waals surface area (Å²) < 4.78 is 8.89. The SMILES string of the molecule is Cc1nn(C)c(C)c1NC(=O)C(C)OC(=O)c1cc(-c2cccs2)nc2c1c(C)nn2C. The molecule has 32 heavy (non-hydrogen) atoms. The van der Waals surface area contributed by atoms with Crippen LogP contribution in [0.2, 0.25) is 0 Å². The maximum Gasteiger partial charge on any atom is 0.339 e. The van der Waals surface area contributed by atoms with Crippen molar-refractivity contribution in [3.05, 3.63) is 46.2 Å². The van der Waals surface area contributed by atoms with E-state index in [1.165, 1.54) is 11.3 Å². The highest BCUT2D eigenvalue weighted by Crippen LogP contribution is 2.30. The molecule has 1 N–H and O–H groups in total. The van der Waals surface area contributed by atoms with Crippen molar-refractivity contribution in [1.82, 2.24) is 24.5 Å². The van der Waals surface area contributed by atoms with Gasteiger partial charge in [-0.1, -0.05) is 6.07 Å². The monoisotopic (exact) mass is 452 g/mol. The summed E-state index contributed by atoms with van der Waals surface area (Å²) in [6, 6.07) is 5.56. The first-order valence-electron chi connectivity index (χ1n) is 10.1. The number of amides is 1. The van der Waals surface area contributed by atoms with Gasteiger partial charge in [0.2, 0.25) is 0 Å². The van der Waals surface area contributed by atoms with Gasteiger partial charge >= 0.3 is 5.97 Å². The number of esters is 1. The van der Waals surface area contributed by atoms with Gasteiger partial charge in [-0.3, -0.25) is 14.2 Å². The average Bonchev–Trinajstić information content (AvgIpc) is 3.44. The number of hydrogen-bond acceptors (Lipinski definition) is 7. The fourth-order valence-corrected chi connectivity index (χ4v) is 4.30. The van der Waals surface area contributed by atoms with Crippen LogP contribution in [0.4, 0.5) is 5.69 Å². The fraction of sp³-hybridized carbons (Fsp3) is 0.318. The number of pyridine rings is 1. The minimum Gasteiger partial charge on any atom is -0.449 e. The van der Waals surface area contributed by atoms with Gasteiger partial charge in [-0.05, 0) is 45.2 Å². The molecule has 4 aromatic heterocycles. The van der Waals surface area contributed by atoms with E-state index in [4.69, 9.17) is 4.74 Å². The van der Waals surface area contributed by atoms with Crippen LogP contribution >= 0.6 is 11.3 Å². The molecule has 0 radical (unpaired) electrons. The van der Waals surface area contributed by atoms with Gasteiger partial charge in [0, 0.05) is 14.1 Å². The fourth-order valence-electron chi connectivity index (χ4n) is 3.61. The number of aryl methyl sites for hydroxylation is 4. The molecule has 10 heteroatoms. The van der Waals surface area contributed by atoms with Crippen LogP contribution in [0, 0.1) is 20.8 Å². The minimum atomic E-state index is -1.01. The largest absolute Gasteiger partial charge is 0.449 e. The van der Waals surface area contributed by atoms with Crippen LogP contribution in [-0.4, -0.2) is 42.5 Å². The molecule has 1 unspecified atom stereocenters. The van der Waals surface area contributed by atoms with E-state index in [0.29, 0.717) is 39.4 Å². The number of nitrogens with zero attached hydrogens (tertiary/aromatic N) is 5. The lowest BCUT2D eigenvalue weighted by Crippen LogP contribution is -2.30. The Morgan fingerprint density at radius 2 is 1.84 bits per heavy atom. The van der Waals surface area contributed by atoms with Gasteiger partial charge in [0.1, 0.15) is 0 Å². The summed E-state index contributed by atoms with van der Waals surface area (Å²) in [5, 5.41) is 14.1. The number of carbonyl (C=O) groups is 2. The maximum absolute atomic E-state index is 13.2. The van der Waals surface area contributed by atoms with E-state index in [9.17, 15) is 9.59 Å². The van der Waals surface area contributed by atoms with Crippen LogP contribution in [0.5, 0.6) is 0 Å². The van der Waals surface area contributed by atoms with Crippen molar-refractivity contribution in [3.63, 3.8) is 0 Å². The van der Waals surface area contributed by atoms with Gasteiger partial charge in [-0.2, -0.15) is 10.2 Å². The molecule has 1 atom stereocenters. The summed E-state index contributed by atoms with van der Waals surface area (Å²) in [6.07, 6.45) is -1.01. The van der Waals surface area contributed by atoms with Gasteiger partial charge < -0.3 is 10.1 Å². The molecule has 0 spiro atoms. The quantitative estimate of drug-likeness (QED) is 0.465. The van der Waals surface area contributed by atoms with Crippen molar-refractivity contribution in [2.24, 2.45) is 14.1 Å². The Morgan fingerprint density at radius 3 is 2.47 bits per heavy atom. The van der Waals surface area contributed by atoms with E-state index in [2.05, 4.69) is 20.5 Å². The van der Waals surface area contributed by atoms with Gasteiger partial charge in [0.15, 0.2) is 11.8 Å². The highest BCUT2D eigenvalue weighted by Gasteiger charge is 2.25. The van der Waals surface area contributed by atoms with Crippen molar-refractivity contribution >= 4 is 39.9 Å². The van der Waals surface area contributed by atoms with Crippen molar-refractivity contribution in [1.29, 1.82) is 0 Å². The van der Waals surface area contributed by atoms with E-state index in [-0.39, 0.29) is 0 Å². The number of aromatic nitrogens is 5. The first kappa shape index (κ1) is 21.7. The zero-order valence-corrected chi connectivity index (χ0v) is 19.6. The Labute approximate surface area is 189 Å². The summed E-state index contributed by atoms with van der Waals surface area (Å²) in [4.78, 5) is 31.5. The molecule has 9 nitrogen and oxygen atoms in total. The lowest BCUT2D eigenvalue weighted by Gasteiger charge is -2.15. The first-order valence-corrected chi connectivity index (χ1v) is 11.0. The third-order valence-electron chi connectivity index (χ3n) is 5.37. The molecule has 0 saturated carbocycles. The molecular formula is C22H24N6O3S. The Kier molecular flexibility index (Phi) is 5.55. The summed E-state index contributed by atoms with van der Waals surface area (Å²) in [5.41, 5.74) is 4.36. The van der Waals surface area contributed by atoms with Crippen LogP contribution < -0.4 is 5.32 Å². The second-order valence-corrected chi connectivity index (χ2v) is 8.59. The van der Waals surface area contributed by atoms with Gasteiger partial charge in [0.05, 0.1) is 44.3 Å². The normalized spacial score (nSPS) is 12.2. The average molecular weight is 453 g/mol. The minimum absolute atomic E-state index is 0.331. The molecule has 4 heterocycles. The van der Waals surface area contributed by atoms with Gasteiger partial charge in [-0.25, -0.2) is 9.78 Å². The maximum atomic E-state index is 13.2. The van der Waals surface area contributed by atoms with Crippen LogP contribution in [0.1, 0.15) is 34.4 Å². The summed E-state index contributed by atoms with van der Waals surface area (Å²) in [7, 11) is 3.59. The highest BCUT2D eigenvalue weighted by molar-refractivity contribution is 7.13. The van der Waals surface area contributed by atoms with E-state index in [1.807, 2.05) is 38.3 Å². The number of anilines is 1.